The van der Waals surface area contributed by atoms with Crippen LogP contribution < -0.4 is 4.72 Å². The van der Waals surface area contributed by atoms with Gasteiger partial charge in [-0.25, -0.2) is 8.42 Å². The molecule has 1 amide bonds. The van der Waals surface area contributed by atoms with Crippen LogP contribution in [0.25, 0.3) is 0 Å². The summed E-state index contributed by atoms with van der Waals surface area (Å²) < 4.78 is 28.0. The van der Waals surface area contributed by atoms with Crippen LogP contribution in [0, 0.1) is 13.8 Å². The minimum Gasteiger partial charge on any atom is -0.335 e. The van der Waals surface area contributed by atoms with Gasteiger partial charge in [0.2, 0.25) is 0 Å². The zero-order valence-electron chi connectivity index (χ0n) is 17.9. The van der Waals surface area contributed by atoms with Crippen molar-refractivity contribution in [3.05, 3.63) is 94.5 Å². The van der Waals surface area contributed by atoms with Crippen molar-refractivity contribution in [2.75, 3.05) is 11.8 Å². The van der Waals surface area contributed by atoms with Gasteiger partial charge in [0.15, 0.2) is 0 Å². The minimum absolute atomic E-state index is 0.0617. The Balaban J connectivity index is 1.49. The largest absolute Gasteiger partial charge is 0.335 e. The van der Waals surface area contributed by atoms with Crippen molar-refractivity contribution in [3.63, 3.8) is 0 Å². The van der Waals surface area contributed by atoms with E-state index < -0.39 is 10.0 Å². The average Bonchev–Trinajstić information content (AvgIpc) is 3.19. The number of sulfonamides is 1. The third kappa shape index (κ3) is 4.21. The monoisotopic (exact) mass is 434 g/mol. The molecule has 0 heterocycles. The number of anilines is 1. The summed E-state index contributed by atoms with van der Waals surface area (Å²) in [6.07, 6.45) is 1.88. The number of aryl methyl sites for hydroxylation is 3. The first kappa shape index (κ1) is 21.1. The third-order valence-electron chi connectivity index (χ3n) is 6.06. The van der Waals surface area contributed by atoms with E-state index in [9.17, 15) is 13.2 Å². The van der Waals surface area contributed by atoms with Crippen LogP contribution in [0.15, 0.2) is 71.6 Å². The molecule has 1 N–H and O–H groups in total. The third-order valence-corrected chi connectivity index (χ3v) is 7.44. The maximum absolute atomic E-state index is 13.0. The molecule has 4 rings (SSSR count). The van der Waals surface area contributed by atoms with Crippen molar-refractivity contribution in [1.29, 1.82) is 0 Å². The number of fused-ring (bicyclic) bond motifs is 1. The lowest BCUT2D eigenvalue weighted by atomic mass is 10.1. The van der Waals surface area contributed by atoms with Crippen LogP contribution in [0.1, 0.15) is 45.1 Å². The highest BCUT2D eigenvalue weighted by Crippen LogP contribution is 2.35. The Kier molecular flexibility index (Phi) is 5.58. The number of hydrogen-bond acceptors (Lipinski definition) is 3. The van der Waals surface area contributed by atoms with E-state index in [4.69, 9.17) is 0 Å². The highest BCUT2D eigenvalue weighted by molar-refractivity contribution is 7.92. The van der Waals surface area contributed by atoms with Gasteiger partial charge in [0.1, 0.15) is 0 Å². The van der Waals surface area contributed by atoms with E-state index in [-0.39, 0.29) is 16.8 Å². The summed E-state index contributed by atoms with van der Waals surface area (Å²) in [6.45, 7) is 3.82. The highest BCUT2D eigenvalue weighted by atomic mass is 32.2. The Labute approximate surface area is 183 Å². The predicted molar refractivity (Wildman–Crippen MR) is 123 cm³/mol. The summed E-state index contributed by atoms with van der Waals surface area (Å²) in [7, 11) is -1.87. The molecule has 3 aromatic carbocycles. The van der Waals surface area contributed by atoms with Gasteiger partial charge in [0, 0.05) is 18.3 Å². The van der Waals surface area contributed by atoms with E-state index in [1.54, 1.807) is 47.4 Å². The molecular formula is C25H26N2O3S. The van der Waals surface area contributed by atoms with Crippen LogP contribution in [0.3, 0.4) is 0 Å². The van der Waals surface area contributed by atoms with Crippen molar-refractivity contribution in [3.8, 4) is 0 Å². The summed E-state index contributed by atoms with van der Waals surface area (Å²) in [5.41, 5.74) is 5.40. The van der Waals surface area contributed by atoms with Gasteiger partial charge in [0.25, 0.3) is 15.9 Å². The van der Waals surface area contributed by atoms with Crippen LogP contribution in [0.2, 0.25) is 0 Å². The minimum atomic E-state index is -3.69. The van der Waals surface area contributed by atoms with E-state index >= 15 is 0 Å². The summed E-state index contributed by atoms with van der Waals surface area (Å²) in [5.74, 6) is -0.0785. The first-order chi connectivity index (χ1) is 14.8. The van der Waals surface area contributed by atoms with Crippen molar-refractivity contribution in [2.45, 2.75) is 37.6 Å². The van der Waals surface area contributed by atoms with Gasteiger partial charge in [-0.15, -0.1) is 0 Å². The summed E-state index contributed by atoms with van der Waals surface area (Å²) >= 11 is 0. The van der Waals surface area contributed by atoms with Crippen molar-refractivity contribution < 1.29 is 13.2 Å². The lowest BCUT2D eigenvalue weighted by Gasteiger charge is -2.25. The van der Waals surface area contributed by atoms with Crippen LogP contribution >= 0.6 is 0 Å². The zero-order chi connectivity index (χ0) is 22.2. The standard InChI is InChI=1S/C25H26N2O3S/c1-17-8-14-22(16-18(17)2)31(29,30)26-21-12-9-20(10-13-21)25(28)27(3)24-15-11-19-6-4-5-7-23(19)24/h4-10,12-14,16,24,26H,11,15H2,1-3H3. The predicted octanol–water partition coefficient (Wildman–Crippen LogP) is 4.86. The van der Waals surface area contributed by atoms with Gasteiger partial charge in [-0.2, -0.15) is 0 Å². The Bertz CT molecular complexity index is 1230. The second-order valence-corrected chi connectivity index (χ2v) is 9.78. The van der Waals surface area contributed by atoms with Crippen molar-refractivity contribution >= 4 is 21.6 Å². The Morgan fingerprint density at radius 1 is 0.968 bits per heavy atom. The lowest BCUT2D eigenvalue weighted by Crippen LogP contribution is -2.30. The summed E-state index contributed by atoms with van der Waals surface area (Å²) in [6, 6.07) is 19.9. The molecule has 0 spiro atoms. The van der Waals surface area contributed by atoms with E-state index in [0.29, 0.717) is 11.3 Å². The Hall–Kier alpha value is -3.12. The van der Waals surface area contributed by atoms with Gasteiger partial charge in [-0.05, 0) is 85.3 Å². The SMILES string of the molecule is Cc1ccc(S(=O)(=O)Nc2ccc(C(=O)N(C)C3CCc4ccccc43)cc2)cc1C. The second-order valence-electron chi connectivity index (χ2n) is 8.10. The molecule has 0 bridgehead atoms. The molecular weight excluding hydrogens is 408 g/mol. The van der Waals surface area contributed by atoms with Crippen LogP contribution in [0.4, 0.5) is 5.69 Å². The second kappa shape index (κ2) is 8.19. The fourth-order valence-electron chi connectivity index (χ4n) is 4.06. The number of rotatable bonds is 5. The first-order valence-electron chi connectivity index (χ1n) is 10.3. The Morgan fingerprint density at radius 3 is 2.39 bits per heavy atom. The molecule has 3 aromatic rings. The van der Waals surface area contributed by atoms with Gasteiger partial charge in [-0.1, -0.05) is 30.3 Å². The lowest BCUT2D eigenvalue weighted by molar-refractivity contribution is 0.0730. The van der Waals surface area contributed by atoms with Gasteiger partial charge in [-0.3, -0.25) is 9.52 Å². The summed E-state index contributed by atoms with van der Waals surface area (Å²) in [5, 5.41) is 0. The van der Waals surface area contributed by atoms with E-state index in [0.717, 1.165) is 24.0 Å². The maximum Gasteiger partial charge on any atom is 0.261 e. The molecule has 0 aromatic heterocycles. The number of benzene rings is 3. The number of nitrogens with zero attached hydrogens (tertiary/aromatic N) is 1. The molecule has 6 heteroatoms. The first-order valence-corrected chi connectivity index (χ1v) is 11.8. The molecule has 1 aliphatic rings. The van der Waals surface area contributed by atoms with E-state index in [2.05, 4.69) is 16.9 Å². The smallest absolute Gasteiger partial charge is 0.261 e. The molecule has 31 heavy (non-hydrogen) atoms. The van der Waals surface area contributed by atoms with Crippen molar-refractivity contribution in [1.82, 2.24) is 4.90 Å². The molecule has 0 aliphatic heterocycles. The number of carbonyl (C=O) groups excluding carboxylic acids is 1. The molecule has 160 valence electrons. The molecule has 0 fully saturated rings. The molecule has 1 atom stereocenters. The van der Waals surface area contributed by atoms with Crippen LogP contribution in [0.5, 0.6) is 0 Å². The number of amides is 1. The fourth-order valence-corrected chi connectivity index (χ4v) is 5.20. The van der Waals surface area contributed by atoms with Gasteiger partial charge >= 0.3 is 0 Å². The molecule has 1 aliphatic carbocycles. The number of carbonyl (C=O) groups is 1. The normalized spacial score (nSPS) is 15.4. The van der Waals surface area contributed by atoms with Crippen molar-refractivity contribution in [2.24, 2.45) is 0 Å². The topological polar surface area (TPSA) is 66.5 Å². The quantitative estimate of drug-likeness (QED) is 0.623. The summed E-state index contributed by atoms with van der Waals surface area (Å²) in [4.78, 5) is 15.0. The van der Waals surface area contributed by atoms with Crippen LogP contribution in [-0.4, -0.2) is 26.3 Å². The average molecular weight is 435 g/mol. The number of nitrogens with one attached hydrogen (secondary N) is 1. The van der Waals surface area contributed by atoms with E-state index in [1.807, 2.05) is 33.0 Å². The zero-order valence-corrected chi connectivity index (χ0v) is 18.7. The van der Waals surface area contributed by atoms with Crippen LogP contribution in [-0.2, 0) is 16.4 Å². The molecule has 0 saturated heterocycles. The fraction of sp³-hybridized carbons (Fsp3) is 0.240. The number of hydrogen-bond donors (Lipinski definition) is 1. The highest BCUT2D eigenvalue weighted by Gasteiger charge is 2.28. The van der Waals surface area contributed by atoms with E-state index in [1.165, 1.54) is 11.1 Å². The molecule has 0 saturated carbocycles. The Morgan fingerprint density at radius 2 is 1.68 bits per heavy atom. The molecule has 5 nitrogen and oxygen atoms in total. The molecule has 1 unspecified atom stereocenters. The molecule has 0 radical (unpaired) electrons. The van der Waals surface area contributed by atoms with Gasteiger partial charge < -0.3 is 4.90 Å². The maximum atomic E-state index is 13.0. The van der Waals surface area contributed by atoms with Gasteiger partial charge in [0.05, 0.1) is 10.9 Å².